The van der Waals surface area contributed by atoms with Crippen molar-refractivity contribution in [2.75, 3.05) is 13.1 Å². The molecule has 1 aliphatic rings. The number of nitrogens with zero attached hydrogens (tertiary/aromatic N) is 4. The Morgan fingerprint density at radius 1 is 1.12 bits per heavy atom. The molecule has 3 aromatic rings. The predicted molar refractivity (Wildman–Crippen MR) is 101 cm³/mol. The first-order valence-electron chi connectivity index (χ1n) is 8.40. The molecule has 0 aliphatic carbocycles. The summed E-state index contributed by atoms with van der Waals surface area (Å²) >= 11 is 6.07. The highest BCUT2D eigenvalue weighted by molar-refractivity contribution is 6.30. The van der Waals surface area contributed by atoms with E-state index in [2.05, 4.69) is 22.2 Å². The third-order valence-corrected chi connectivity index (χ3v) is 4.72. The fourth-order valence-corrected chi connectivity index (χ4v) is 3.28. The summed E-state index contributed by atoms with van der Waals surface area (Å²) in [4.78, 5) is 18.5. The van der Waals surface area contributed by atoms with E-state index in [0.717, 1.165) is 22.7 Å². The molecule has 5 nitrogen and oxygen atoms in total. The Bertz CT molecular complexity index is 948. The van der Waals surface area contributed by atoms with E-state index in [4.69, 9.17) is 11.6 Å². The Kier molecular flexibility index (Phi) is 4.54. The van der Waals surface area contributed by atoms with Gasteiger partial charge in [0, 0.05) is 23.7 Å². The van der Waals surface area contributed by atoms with Crippen molar-refractivity contribution >= 4 is 23.1 Å². The van der Waals surface area contributed by atoms with Crippen molar-refractivity contribution in [3.63, 3.8) is 0 Å². The molecule has 0 saturated carbocycles. The number of hydrogen-bond donors (Lipinski definition) is 0. The molecule has 0 N–H and O–H groups in total. The van der Waals surface area contributed by atoms with Crippen molar-refractivity contribution in [1.29, 1.82) is 0 Å². The average molecular weight is 365 g/mol. The number of aromatic nitrogens is 3. The summed E-state index contributed by atoms with van der Waals surface area (Å²) in [5.74, 6) is 0.0385. The maximum Gasteiger partial charge on any atom is 0.254 e. The smallest absolute Gasteiger partial charge is 0.254 e. The SMILES string of the molecule is O=C(c1ccc(-n2cncn2)cc1)N1CC=C(c2cccc(Cl)c2)CC1. The highest BCUT2D eigenvalue weighted by Gasteiger charge is 2.19. The fraction of sp³-hybridized carbons (Fsp3) is 0.150. The minimum absolute atomic E-state index is 0.0385. The first-order valence-corrected chi connectivity index (χ1v) is 8.78. The normalized spacial score (nSPS) is 14.2. The molecule has 2 heterocycles. The van der Waals surface area contributed by atoms with Crippen LogP contribution in [0.3, 0.4) is 0 Å². The highest BCUT2D eigenvalue weighted by Crippen LogP contribution is 2.25. The molecular formula is C20H17ClN4O. The number of carbonyl (C=O) groups excluding carboxylic acids is 1. The van der Waals surface area contributed by atoms with E-state index in [9.17, 15) is 4.79 Å². The number of carbonyl (C=O) groups is 1. The lowest BCUT2D eigenvalue weighted by Crippen LogP contribution is -2.34. The number of benzene rings is 2. The Morgan fingerprint density at radius 3 is 2.62 bits per heavy atom. The monoisotopic (exact) mass is 364 g/mol. The molecule has 0 unspecified atom stereocenters. The van der Waals surface area contributed by atoms with Crippen molar-refractivity contribution in [1.82, 2.24) is 19.7 Å². The second kappa shape index (κ2) is 7.14. The minimum atomic E-state index is 0.0385. The van der Waals surface area contributed by atoms with Gasteiger partial charge in [0.15, 0.2) is 0 Å². The summed E-state index contributed by atoms with van der Waals surface area (Å²) in [6.07, 6.45) is 6.04. The van der Waals surface area contributed by atoms with Crippen molar-refractivity contribution in [2.45, 2.75) is 6.42 Å². The van der Waals surface area contributed by atoms with Crippen LogP contribution in [0.15, 0.2) is 67.3 Å². The number of rotatable bonds is 3. The Balaban J connectivity index is 1.46. The zero-order valence-electron chi connectivity index (χ0n) is 14.0. The topological polar surface area (TPSA) is 51.0 Å². The molecule has 1 aromatic heterocycles. The van der Waals surface area contributed by atoms with E-state index in [1.807, 2.05) is 47.4 Å². The van der Waals surface area contributed by atoms with Gasteiger partial charge >= 0.3 is 0 Å². The van der Waals surface area contributed by atoms with Crippen molar-refractivity contribution < 1.29 is 4.79 Å². The number of hydrogen-bond acceptors (Lipinski definition) is 3. The lowest BCUT2D eigenvalue weighted by Gasteiger charge is -2.27. The molecule has 0 atom stereocenters. The van der Waals surface area contributed by atoms with Crippen LogP contribution in [0.1, 0.15) is 22.3 Å². The molecule has 1 aliphatic heterocycles. The van der Waals surface area contributed by atoms with Crippen LogP contribution in [0.25, 0.3) is 11.3 Å². The van der Waals surface area contributed by atoms with E-state index >= 15 is 0 Å². The van der Waals surface area contributed by atoms with Gasteiger partial charge in [-0.15, -0.1) is 0 Å². The first kappa shape index (κ1) is 16.5. The highest BCUT2D eigenvalue weighted by atomic mass is 35.5. The minimum Gasteiger partial charge on any atom is -0.335 e. The van der Waals surface area contributed by atoms with Crippen LogP contribution in [0, 0.1) is 0 Å². The van der Waals surface area contributed by atoms with Gasteiger partial charge in [0.1, 0.15) is 12.7 Å². The van der Waals surface area contributed by atoms with Gasteiger partial charge < -0.3 is 4.90 Å². The molecule has 26 heavy (non-hydrogen) atoms. The summed E-state index contributed by atoms with van der Waals surface area (Å²) in [5, 5.41) is 4.82. The molecule has 6 heteroatoms. The van der Waals surface area contributed by atoms with E-state index in [0.29, 0.717) is 18.7 Å². The molecule has 0 spiro atoms. The van der Waals surface area contributed by atoms with Gasteiger partial charge in [0.25, 0.3) is 5.91 Å². The summed E-state index contributed by atoms with van der Waals surface area (Å²) in [6.45, 7) is 1.30. The third-order valence-electron chi connectivity index (χ3n) is 4.49. The van der Waals surface area contributed by atoms with Gasteiger partial charge in [-0.1, -0.05) is 29.8 Å². The zero-order chi connectivity index (χ0) is 17.9. The van der Waals surface area contributed by atoms with Gasteiger partial charge in [-0.3, -0.25) is 4.79 Å². The van der Waals surface area contributed by atoms with Crippen LogP contribution in [-0.2, 0) is 0 Å². The molecule has 4 rings (SSSR count). The van der Waals surface area contributed by atoms with Gasteiger partial charge in [-0.2, -0.15) is 5.10 Å². The quantitative estimate of drug-likeness (QED) is 0.709. The molecule has 0 radical (unpaired) electrons. The summed E-state index contributed by atoms with van der Waals surface area (Å²) in [7, 11) is 0. The second-order valence-corrected chi connectivity index (χ2v) is 6.56. The molecule has 0 saturated heterocycles. The van der Waals surface area contributed by atoms with Gasteiger partial charge in [-0.05, 0) is 54.0 Å². The molecule has 0 bridgehead atoms. The zero-order valence-corrected chi connectivity index (χ0v) is 14.8. The fourth-order valence-electron chi connectivity index (χ4n) is 3.08. The van der Waals surface area contributed by atoms with Gasteiger partial charge in [0.2, 0.25) is 0 Å². The Hall–Kier alpha value is -2.92. The van der Waals surface area contributed by atoms with Crippen LogP contribution >= 0.6 is 11.6 Å². The first-order chi connectivity index (χ1) is 12.7. The van der Waals surface area contributed by atoms with E-state index < -0.39 is 0 Å². The average Bonchev–Trinajstić information content (AvgIpc) is 3.23. The summed E-state index contributed by atoms with van der Waals surface area (Å²) in [6, 6.07) is 15.2. The van der Waals surface area contributed by atoms with Gasteiger partial charge in [0.05, 0.1) is 5.69 Å². The maximum atomic E-state index is 12.7. The van der Waals surface area contributed by atoms with Crippen molar-refractivity contribution in [3.05, 3.63) is 83.4 Å². The van der Waals surface area contributed by atoms with Crippen LogP contribution in [0.5, 0.6) is 0 Å². The van der Waals surface area contributed by atoms with E-state index in [-0.39, 0.29) is 5.91 Å². The number of amides is 1. The van der Waals surface area contributed by atoms with Crippen LogP contribution < -0.4 is 0 Å². The van der Waals surface area contributed by atoms with E-state index in [1.54, 1.807) is 11.0 Å². The molecule has 0 fully saturated rings. The maximum absolute atomic E-state index is 12.7. The summed E-state index contributed by atoms with van der Waals surface area (Å²) < 4.78 is 1.66. The van der Waals surface area contributed by atoms with Crippen molar-refractivity contribution in [3.8, 4) is 5.69 Å². The van der Waals surface area contributed by atoms with Gasteiger partial charge in [-0.25, -0.2) is 9.67 Å². The standard InChI is InChI=1S/C20H17ClN4O/c21-18-3-1-2-17(12-18)15-8-10-24(11-9-15)20(26)16-4-6-19(7-5-16)25-14-22-13-23-25/h1-8,12-14H,9-11H2. The van der Waals surface area contributed by atoms with Crippen LogP contribution in [0.4, 0.5) is 0 Å². The molecule has 130 valence electrons. The summed E-state index contributed by atoms with van der Waals surface area (Å²) in [5.41, 5.74) is 3.91. The van der Waals surface area contributed by atoms with E-state index in [1.165, 1.54) is 11.9 Å². The van der Waals surface area contributed by atoms with Crippen LogP contribution in [-0.4, -0.2) is 38.7 Å². The second-order valence-electron chi connectivity index (χ2n) is 6.13. The van der Waals surface area contributed by atoms with Crippen LogP contribution in [0.2, 0.25) is 5.02 Å². The Morgan fingerprint density at radius 2 is 1.96 bits per heavy atom. The molecule has 2 aromatic carbocycles. The lowest BCUT2D eigenvalue weighted by molar-refractivity contribution is 0.0773. The predicted octanol–water partition coefficient (Wildman–Crippen LogP) is 3.85. The molecule has 1 amide bonds. The lowest BCUT2D eigenvalue weighted by atomic mass is 9.99. The Labute approximate surface area is 156 Å². The number of halogens is 1. The third kappa shape index (κ3) is 3.39. The molecular weight excluding hydrogens is 348 g/mol. The van der Waals surface area contributed by atoms with Crippen molar-refractivity contribution in [2.24, 2.45) is 0 Å². The largest absolute Gasteiger partial charge is 0.335 e.